The Balaban J connectivity index is 1.47. The van der Waals surface area contributed by atoms with E-state index in [1.165, 1.54) is 15.8 Å². The molecule has 1 aliphatic carbocycles. The van der Waals surface area contributed by atoms with E-state index < -0.39 is 0 Å². The summed E-state index contributed by atoms with van der Waals surface area (Å²) >= 11 is 3.37. The van der Waals surface area contributed by atoms with Crippen molar-refractivity contribution < 1.29 is 9.26 Å². The third-order valence-electron chi connectivity index (χ3n) is 3.69. The summed E-state index contributed by atoms with van der Waals surface area (Å²) < 4.78 is 13.5. The van der Waals surface area contributed by atoms with Gasteiger partial charge in [0.05, 0.1) is 23.6 Å². The first-order valence-corrected chi connectivity index (χ1v) is 8.67. The number of nitrogens with zero attached hydrogens (tertiary/aromatic N) is 2. The van der Waals surface area contributed by atoms with Crippen molar-refractivity contribution in [2.45, 2.75) is 31.4 Å². The number of thiophene rings is 2. The molecule has 0 aliphatic heterocycles. The van der Waals surface area contributed by atoms with Gasteiger partial charge in [-0.2, -0.15) is 4.98 Å². The van der Waals surface area contributed by atoms with Crippen LogP contribution in [0.15, 0.2) is 22.0 Å². The van der Waals surface area contributed by atoms with Gasteiger partial charge in [-0.1, -0.05) is 5.16 Å². The molecule has 3 aromatic heterocycles. The van der Waals surface area contributed by atoms with E-state index in [0.29, 0.717) is 24.4 Å². The Bertz CT molecular complexity index is 716. The summed E-state index contributed by atoms with van der Waals surface area (Å²) in [6.07, 6.45) is 3.89. The maximum Gasteiger partial charge on any atom is 0.268 e. The largest absolute Gasteiger partial charge is 0.376 e. The fourth-order valence-electron chi connectivity index (χ4n) is 2.21. The second-order valence-electron chi connectivity index (χ2n) is 5.21. The van der Waals surface area contributed by atoms with Gasteiger partial charge < -0.3 is 15.0 Å². The van der Waals surface area contributed by atoms with Crippen LogP contribution in [0.25, 0.3) is 20.2 Å². The highest BCUT2D eigenvalue weighted by molar-refractivity contribution is 7.28. The summed E-state index contributed by atoms with van der Waals surface area (Å²) in [5, 5.41) is 6.07. The molecule has 7 heteroatoms. The van der Waals surface area contributed by atoms with E-state index >= 15 is 0 Å². The van der Waals surface area contributed by atoms with Crippen LogP contribution in [0.2, 0.25) is 0 Å². The average Bonchev–Trinajstić information content (AvgIpc) is 3.11. The molecular weight excluding hydrogens is 306 g/mol. The fraction of sp³-hybridized carbons (Fsp3) is 0.429. The molecule has 1 aliphatic rings. The Morgan fingerprint density at radius 3 is 3.10 bits per heavy atom. The number of nitrogens with two attached hydrogens (primary N) is 1. The van der Waals surface area contributed by atoms with Gasteiger partial charge in [0.1, 0.15) is 0 Å². The number of ether oxygens (including phenoxy) is 1. The van der Waals surface area contributed by atoms with Crippen LogP contribution in [0.5, 0.6) is 0 Å². The molecule has 0 bridgehead atoms. The molecule has 2 N–H and O–H groups in total. The molecule has 1 unspecified atom stereocenters. The SMILES string of the molecule is NC(COC1CCC1)c1noc(-c2cc3sccc3s2)n1. The summed E-state index contributed by atoms with van der Waals surface area (Å²) in [7, 11) is 0. The molecule has 110 valence electrons. The van der Waals surface area contributed by atoms with Gasteiger partial charge in [0, 0.05) is 9.40 Å². The monoisotopic (exact) mass is 321 g/mol. The number of hydrogen-bond acceptors (Lipinski definition) is 7. The maximum absolute atomic E-state index is 6.06. The van der Waals surface area contributed by atoms with E-state index in [-0.39, 0.29) is 6.04 Å². The average molecular weight is 321 g/mol. The molecule has 21 heavy (non-hydrogen) atoms. The predicted molar refractivity (Wildman–Crippen MR) is 83.5 cm³/mol. The van der Waals surface area contributed by atoms with Crippen LogP contribution in [0.3, 0.4) is 0 Å². The summed E-state index contributed by atoms with van der Waals surface area (Å²) in [5.74, 6) is 1.05. The molecule has 3 aromatic rings. The zero-order valence-corrected chi connectivity index (χ0v) is 13.0. The van der Waals surface area contributed by atoms with E-state index in [2.05, 4.69) is 27.7 Å². The molecule has 5 nitrogen and oxygen atoms in total. The van der Waals surface area contributed by atoms with Crippen molar-refractivity contribution in [1.82, 2.24) is 10.1 Å². The van der Waals surface area contributed by atoms with Crippen molar-refractivity contribution in [2.24, 2.45) is 5.73 Å². The van der Waals surface area contributed by atoms with Crippen molar-refractivity contribution in [1.29, 1.82) is 0 Å². The molecule has 1 saturated carbocycles. The molecule has 0 saturated heterocycles. The molecule has 0 spiro atoms. The van der Waals surface area contributed by atoms with Crippen molar-refractivity contribution in [2.75, 3.05) is 6.61 Å². The van der Waals surface area contributed by atoms with Gasteiger partial charge in [-0.3, -0.25) is 0 Å². The fourth-order valence-corrected chi connectivity index (χ4v) is 4.24. The molecule has 0 aromatic carbocycles. The molecule has 4 rings (SSSR count). The summed E-state index contributed by atoms with van der Waals surface area (Å²) in [6.45, 7) is 0.448. The van der Waals surface area contributed by atoms with E-state index in [1.54, 1.807) is 22.7 Å². The summed E-state index contributed by atoms with van der Waals surface area (Å²) in [5.41, 5.74) is 6.06. The minimum absolute atomic E-state index is 0.329. The molecule has 3 heterocycles. The van der Waals surface area contributed by atoms with Gasteiger partial charge in [-0.15, -0.1) is 22.7 Å². The molecule has 0 amide bonds. The Hall–Kier alpha value is -1.28. The van der Waals surface area contributed by atoms with E-state index in [0.717, 1.165) is 17.7 Å². The minimum Gasteiger partial charge on any atom is -0.376 e. The molecule has 1 atom stereocenters. The lowest BCUT2D eigenvalue weighted by Crippen LogP contribution is -2.27. The second kappa shape index (κ2) is 5.49. The van der Waals surface area contributed by atoms with Gasteiger partial charge in [0.25, 0.3) is 5.89 Å². The summed E-state index contributed by atoms with van der Waals surface area (Å²) in [6, 6.07) is 3.85. The van der Waals surface area contributed by atoms with Crippen molar-refractivity contribution >= 4 is 32.1 Å². The van der Waals surface area contributed by atoms with Crippen molar-refractivity contribution in [3.8, 4) is 10.8 Å². The Morgan fingerprint density at radius 2 is 2.33 bits per heavy atom. The van der Waals surface area contributed by atoms with Crippen LogP contribution in [0.1, 0.15) is 31.1 Å². The van der Waals surface area contributed by atoms with Crippen LogP contribution in [-0.2, 0) is 4.74 Å². The standard InChI is InChI=1S/C14H15N3O2S2/c15-9(7-18-8-2-1-3-8)13-16-14(19-17-13)12-6-11-10(21-12)4-5-20-11/h4-6,8-9H,1-3,7,15H2. The van der Waals surface area contributed by atoms with Crippen molar-refractivity contribution in [3.63, 3.8) is 0 Å². The van der Waals surface area contributed by atoms with Gasteiger partial charge in [0.15, 0.2) is 5.82 Å². The first-order valence-electron chi connectivity index (χ1n) is 6.98. The van der Waals surface area contributed by atoms with Crippen LogP contribution in [-0.4, -0.2) is 22.9 Å². The van der Waals surface area contributed by atoms with Crippen LogP contribution in [0, 0.1) is 0 Å². The quantitative estimate of drug-likeness (QED) is 0.777. The zero-order valence-electron chi connectivity index (χ0n) is 11.3. The number of aromatic nitrogens is 2. The first-order chi connectivity index (χ1) is 10.3. The lowest BCUT2D eigenvalue weighted by atomic mass is 9.96. The second-order valence-corrected chi connectivity index (χ2v) is 7.24. The Kier molecular flexibility index (Phi) is 3.50. The third-order valence-corrected chi connectivity index (χ3v) is 5.77. The normalized spacial score (nSPS) is 17.2. The molecular formula is C14H15N3O2S2. The van der Waals surface area contributed by atoms with Gasteiger partial charge in [-0.25, -0.2) is 0 Å². The van der Waals surface area contributed by atoms with E-state index in [9.17, 15) is 0 Å². The van der Waals surface area contributed by atoms with Gasteiger partial charge >= 0.3 is 0 Å². The number of fused-ring (bicyclic) bond motifs is 1. The van der Waals surface area contributed by atoms with E-state index in [4.69, 9.17) is 15.0 Å². The highest BCUT2D eigenvalue weighted by Crippen LogP contribution is 2.35. The Morgan fingerprint density at radius 1 is 1.43 bits per heavy atom. The van der Waals surface area contributed by atoms with E-state index in [1.807, 2.05) is 0 Å². The molecule has 0 radical (unpaired) electrons. The van der Waals surface area contributed by atoms with Gasteiger partial charge in [0.2, 0.25) is 0 Å². The number of hydrogen-bond donors (Lipinski definition) is 1. The lowest BCUT2D eigenvalue weighted by Gasteiger charge is -2.26. The van der Waals surface area contributed by atoms with Crippen LogP contribution >= 0.6 is 22.7 Å². The first kappa shape index (κ1) is 13.4. The highest BCUT2D eigenvalue weighted by atomic mass is 32.1. The lowest BCUT2D eigenvalue weighted by molar-refractivity contribution is -0.00549. The number of rotatable bonds is 5. The minimum atomic E-state index is -0.329. The topological polar surface area (TPSA) is 74.2 Å². The summed E-state index contributed by atoms with van der Waals surface area (Å²) in [4.78, 5) is 5.40. The van der Waals surface area contributed by atoms with Crippen molar-refractivity contribution in [3.05, 3.63) is 23.3 Å². The van der Waals surface area contributed by atoms with Gasteiger partial charge in [-0.05, 0) is 36.8 Å². The smallest absolute Gasteiger partial charge is 0.268 e. The predicted octanol–water partition coefficient (Wildman–Crippen LogP) is 3.58. The van der Waals surface area contributed by atoms with Crippen LogP contribution < -0.4 is 5.73 Å². The van der Waals surface area contributed by atoms with Crippen LogP contribution in [0.4, 0.5) is 0 Å². The maximum atomic E-state index is 6.06. The Labute approximate surface area is 129 Å². The molecule has 1 fully saturated rings. The highest BCUT2D eigenvalue weighted by Gasteiger charge is 2.22. The zero-order chi connectivity index (χ0) is 14.2. The third kappa shape index (κ3) is 2.62.